The number of likely N-dealkylation sites (N-methyl/N-ethyl adjacent to an activating group) is 1. The highest BCUT2D eigenvalue weighted by atomic mass is 79.9. The summed E-state index contributed by atoms with van der Waals surface area (Å²) >= 11 is 3.11. The molecular weight excluding hydrogens is 488 g/mol. The number of nitrogens with two attached hydrogens (primary N) is 1. The Morgan fingerprint density at radius 3 is 2.38 bits per heavy atom. The van der Waals surface area contributed by atoms with Gasteiger partial charge in [-0.1, -0.05) is 6.07 Å². The lowest BCUT2D eigenvalue weighted by Gasteiger charge is -2.54. The highest BCUT2D eigenvalue weighted by Crippen LogP contribution is 2.51. The molecule has 1 amide bonds. The Morgan fingerprint density at radius 2 is 1.81 bits per heavy atom. The number of aliphatic hydroxyl groups excluding tert-OH is 1. The first-order chi connectivity index (χ1) is 14.8. The van der Waals surface area contributed by atoms with Crippen molar-refractivity contribution in [2.45, 2.75) is 24.2 Å². The van der Waals surface area contributed by atoms with Gasteiger partial charge in [-0.05, 0) is 48.1 Å². The van der Waals surface area contributed by atoms with Gasteiger partial charge in [-0.3, -0.25) is 28.9 Å². The van der Waals surface area contributed by atoms with Crippen LogP contribution in [-0.2, 0) is 25.6 Å². The summed E-state index contributed by atoms with van der Waals surface area (Å²) in [5.41, 5.74) is 2.51. The number of halogens is 1. The van der Waals surface area contributed by atoms with Crippen LogP contribution in [0.15, 0.2) is 16.6 Å². The summed E-state index contributed by atoms with van der Waals surface area (Å²) in [6.45, 7) is 0. The van der Waals surface area contributed by atoms with Crippen LogP contribution in [0.1, 0.15) is 15.9 Å². The van der Waals surface area contributed by atoms with Crippen molar-refractivity contribution >= 4 is 45.0 Å². The molecule has 3 aliphatic carbocycles. The van der Waals surface area contributed by atoms with Gasteiger partial charge in [-0.15, -0.1) is 0 Å². The van der Waals surface area contributed by atoms with Gasteiger partial charge in [0.25, 0.3) is 0 Å². The number of amides is 1. The topological polar surface area (TPSA) is 175 Å². The third-order valence-electron chi connectivity index (χ3n) is 6.97. The van der Waals surface area contributed by atoms with Crippen molar-refractivity contribution in [1.29, 1.82) is 0 Å². The molecule has 2 fully saturated rings. The molecule has 1 aromatic carbocycles. The van der Waals surface area contributed by atoms with E-state index in [-0.39, 0.29) is 16.5 Å². The summed E-state index contributed by atoms with van der Waals surface area (Å²) < 4.78 is 0.212. The van der Waals surface area contributed by atoms with E-state index in [0.717, 1.165) is 0 Å². The maximum Gasteiger partial charge on any atom is 0.235 e. The lowest BCUT2D eigenvalue weighted by molar-refractivity contribution is -0.195. The van der Waals surface area contributed by atoms with Crippen LogP contribution >= 0.6 is 15.9 Å². The fourth-order valence-electron chi connectivity index (χ4n) is 5.56. The normalized spacial score (nSPS) is 36.6. The number of ketones is 4. The van der Waals surface area contributed by atoms with E-state index in [1.165, 1.54) is 25.1 Å². The lowest BCUT2D eigenvalue weighted by atomic mass is 9.51. The van der Waals surface area contributed by atoms with Crippen molar-refractivity contribution in [3.63, 3.8) is 0 Å². The molecule has 0 spiro atoms. The minimum absolute atomic E-state index is 0.00611. The average Bonchev–Trinajstić information content (AvgIpc) is 2.70. The number of primary amides is 1. The monoisotopic (exact) mass is 508 g/mol. The largest absolute Gasteiger partial charge is 0.506 e. The second kappa shape index (κ2) is 7.27. The van der Waals surface area contributed by atoms with Gasteiger partial charge in [0.1, 0.15) is 5.75 Å². The summed E-state index contributed by atoms with van der Waals surface area (Å²) in [4.78, 5) is 66.2. The fourth-order valence-corrected chi connectivity index (χ4v) is 5.89. The number of hydrogen-bond acceptors (Lipinski definition) is 9. The van der Waals surface area contributed by atoms with E-state index >= 15 is 0 Å². The number of phenolic OH excluding ortho intramolecular Hbond substituents is 1. The van der Waals surface area contributed by atoms with Crippen LogP contribution in [0.2, 0.25) is 0 Å². The van der Waals surface area contributed by atoms with Gasteiger partial charge in [0.2, 0.25) is 5.91 Å². The number of carbonyl (C=O) groups is 5. The second-order valence-corrected chi connectivity index (χ2v) is 9.65. The Labute approximate surface area is 190 Å². The molecule has 170 valence electrons. The molecule has 2 saturated carbocycles. The molecule has 0 radical (unpaired) electrons. The number of rotatable bonds is 2. The first kappa shape index (κ1) is 22.7. The van der Waals surface area contributed by atoms with E-state index < -0.39 is 76.2 Å². The summed E-state index contributed by atoms with van der Waals surface area (Å²) in [5, 5.41) is 33.0. The number of nitrogens with zero attached hydrogens (tertiary/aromatic N) is 1. The lowest BCUT2D eigenvalue weighted by Crippen LogP contribution is -2.77. The predicted octanol–water partition coefficient (Wildman–Crippen LogP) is -1.40. The first-order valence-electron chi connectivity index (χ1n) is 9.88. The SMILES string of the molecule is CN(C)[C@@H]1C(=O)C(C(N)=O)C(=O)[C@@]2(O)C(=O)C3C(=O)c4c(ccc(Br)c4O)C[C@H]3[C@H](O)[C@@H]12. The Balaban J connectivity index is 1.93. The molecule has 3 aliphatic rings. The summed E-state index contributed by atoms with van der Waals surface area (Å²) in [7, 11) is 2.88. The van der Waals surface area contributed by atoms with Crippen molar-refractivity contribution in [3.05, 3.63) is 27.7 Å². The number of aromatic hydroxyl groups is 1. The van der Waals surface area contributed by atoms with Gasteiger partial charge < -0.3 is 21.1 Å². The van der Waals surface area contributed by atoms with Gasteiger partial charge in [0.15, 0.2) is 34.7 Å². The van der Waals surface area contributed by atoms with E-state index in [0.29, 0.717) is 5.56 Å². The van der Waals surface area contributed by atoms with E-state index in [2.05, 4.69) is 15.9 Å². The highest BCUT2D eigenvalue weighted by Gasteiger charge is 2.72. The van der Waals surface area contributed by atoms with Crippen molar-refractivity contribution in [3.8, 4) is 5.75 Å². The second-order valence-electron chi connectivity index (χ2n) is 8.80. The van der Waals surface area contributed by atoms with E-state index in [4.69, 9.17) is 5.73 Å². The fraction of sp³-hybridized carbons (Fsp3) is 0.476. The van der Waals surface area contributed by atoms with Crippen LogP contribution in [0.25, 0.3) is 0 Å². The Kier molecular flexibility index (Phi) is 5.16. The van der Waals surface area contributed by atoms with Gasteiger partial charge >= 0.3 is 0 Å². The Morgan fingerprint density at radius 1 is 1.19 bits per heavy atom. The van der Waals surface area contributed by atoms with E-state index in [1.807, 2.05) is 0 Å². The van der Waals surface area contributed by atoms with Crippen molar-refractivity contribution in [2.75, 3.05) is 14.1 Å². The number of aliphatic hydroxyl groups is 2. The van der Waals surface area contributed by atoms with Gasteiger partial charge in [0, 0.05) is 5.92 Å². The number of Topliss-reactive ketones (excluding diaryl/α,β-unsaturated/α-hetero) is 4. The van der Waals surface area contributed by atoms with Crippen molar-refractivity contribution in [2.24, 2.45) is 29.4 Å². The van der Waals surface area contributed by atoms with Gasteiger partial charge in [-0.25, -0.2) is 0 Å². The highest BCUT2D eigenvalue weighted by molar-refractivity contribution is 9.10. The van der Waals surface area contributed by atoms with E-state index in [9.17, 15) is 39.3 Å². The zero-order valence-electron chi connectivity index (χ0n) is 17.1. The first-order valence-corrected chi connectivity index (χ1v) is 10.7. The molecule has 32 heavy (non-hydrogen) atoms. The molecule has 0 aliphatic heterocycles. The van der Waals surface area contributed by atoms with Crippen LogP contribution < -0.4 is 5.73 Å². The molecule has 11 heteroatoms. The minimum Gasteiger partial charge on any atom is -0.506 e. The van der Waals surface area contributed by atoms with Crippen molar-refractivity contribution in [1.82, 2.24) is 4.90 Å². The number of benzene rings is 1. The maximum atomic E-state index is 13.6. The minimum atomic E-state index is -2.97. The average molecular weight is 509 g/mol. The number of fused-ring (bicyclic) bond motifs is 3. The molecule has 0 aromatic heterocycles. The third kappa shape index (κ3) is 2.71. The third-order valence-corrected chi connectivity index (χ3v) is 7.61. The molecule has 1 aromatic rings. The number of hydrogen-bond donors (Lipinski definition) is 4. The molecule has 0 saturated heterocycles. The Bertz CT molecular complexity index is 1100. The molecule has 2 unspecified atom stereocenters. The molecular formula is C21H21BrN2O8. The smallest absolute Gasteiger partial charge is 0.235 e. The van der Waals surface area contributed by atoms with Crippen LogP contribution in [-0.4, -0.2) is 81.1 Å². The molecule has 5 N–H and O–H groups in total. The maximum absolute atomic E-state index is 13.6. The summed E-state index contributed by atoms with van der Waals surface area (Å²) in [5.74, 6) is -12.5. The van der Waals surface area contributed by atoms with Gasteiger partial charge in [0.05, 0.1) is 34.0 Å². The quantitative estimate of drug-likeness (QED) is 0.350. The Hall–Kier alpha value is -2.47. The van der Waals surface area contributed by atoms with Crippen molar-refractivity contribution < 1.29 is 39.3 Å². The van der Waals surface area contributed by atoms with Crippen LogP contribution in [0.5, 0.6) is 5.75 Å². The number of carbonyl (C=O) groups excluding carboxylic acids is 5. The zero-order chi connectivity index (χ0) is 23.9. The van der Waals surface area contributed by atoms with Crippen LogP contribution in [0.3, 0.4) is 0 Å². The summed E-state index contributed by atoms with van der Waals surface area (Å²) in [6.07, 6.45) is -1.62. The van der Waals surface area contributed by atoms with Gasteiger partial charge in [-0.2, -0.15) is 0 Å². The molecule has 4 rings (SSSR count). The molecule has 7 atom stereocenters. The molecule has 0 bridgehead atoms. The molecule has 10 nitrogen and oxygen atoms in total. The number of phenols is 1. The zero-order valence-corrected chi connectivity index (χ0v) is 18.7. The standard InChI is InChI=1S/C21H21BrN2O8/c1-24(2)13-12-14(25)7-5-6-3-4-8(22)15(26)9(6)16(27)10(7)18(29)21(12,32)19(30)11(17(13)28)20(23)31/h3-4,7,10-14,25-26,32H,5H2,1-2H3,(H2,23,31)/t7-,10?,11?,12-,13+,14+,21+/m1/s1. The summed E-state index contributed by atoms with van der Waals surface area (Å²) in [6, 6.07) is 1.71. The molecule has 0 heterocycles. The predicted molar refractivity (Wildman–Crippen MR) is 110 cm³/mol. The van der Waals surface area contributed by atoms with Crippen LogP contribution in [0.4, 0.5) is 0 Å². The van der Waals surface area contributed by atoms with E-state index in [1.54, 1.807) is 6.07 Å². The van der Waals surface area contributed by atoms with Crippen LogP contribution in [0, 0.1) is 23.7 Å².